The number of nitriles is 1. The molecule has 0 saturated heterocycles. The highest BCUT2D eigenvalue weighted by Gasteiger charge is 2.06. The van der Waals surface area contributed by atoms with Gasteiger partial charge in [-0.15, -0.1) is 0 Å². The number of H-pyrrole nitrogens is 1. The maximum Gasteiger partial charge on any atom is 0.0998 e. The molecular weight excluding hydrogens is 208 g/mol. The predicted octanol–water partition coefficient (Wildman–Crippen LogP) is 3.71. The Balaban J connectivity index is 2.25. The summed E-state index contributed by atoms with van der Waals surface area (Å²) < 4.78 is 0. The molecule has 17 heavy (non-hydrogen) atoms. The molecule has 0 aliphatic carbocycles. The smallest absolute Gasteiger partial charge is 0.0998 e. The number of para-hydroxylation sites is 1. The van der Waals surface area contributed by atoms with Crippen LogP contribution in [0.1, 0.15) is 5.56 Å². The summed E-state index contributed by atoms with van der Waals surface area (Å²) >= 11 is 0. The Morgan fingerprint density at radius 2 is 1.71 bits per heavy atom. The van der Waals surface area contributed by atoms with E-state index in [1.807, 2.05) is 42.5 Å². The van der Waals surface area contributed by atoms with Crippen LogP contribution >= 0.6 is 0 Å². The van der Waals surface area contributed by atoms with Gasteiger partial charge in [-0.1, -0.05) is 36.4 Å². The standard InChI is InChI=1S/C15H10N2/c16-10-12-6-1-3-7-13(12)15-9-11-5-2-4-8-14(11)17-15/h1-9,17H. The van der Waals surface area contributed by atoms with Gasteiger partial charge in [0, 0.05) is 22.2 Å². The van der Waals surface area contributed by atoms with Crippen molar-refractivity contribution in [3.63, 3.8) is 0 Å². The molecule has 2 heteroatoms. The lowest BCUT2D eigenvalue weighted by molar-refractivity contribution is 1.42. The van der Waals surface area contributed by atoms with E-state index in [4.69, 9.17) is 5.26 Å². The summed E-state index contributed by atoms with van der Waals surface area (Å²) in [7, 11) is 0. The van der Waals surface area contributed by atoms with Gasteiger partial charge in [-0.3, -0.25) is 0 Å². The topological polar surface area (TPSA) is 39.6 Å². The molecule has 3 aromatic rings. The summed E-state index contributed by atoms with van der Waals surface area (Å²) in [4.78, 5) is 3.34. The maximum atomic E-state index is 9.09. The van der Waals surface area contributed by atoms with Gasteiger partial charge in [0.15, 0.2) is 0 Å². The normalized spacial score (nSPS) is 10.3. The first-order valence-electron chi connectivity index (χ1n) is 5.46. The summed E-state index contributed by atoms with van der Waals surface area (Å²) in [6.07, 6.45) is 0. The second-order valence-corrected chi connectivity index (χ2v) is 3.93. The molecule has 1 heterocycles. The monoisotopic (exact) mass is 218 g/mol. The van der Waals surface area contributed by atoms with E-state index in [9.17, 15) is 0 Å². The molecule has 0 saturated carbocycles. The average molecular weight is 218 g/mol. The number of nitrogens with one attached hydrogen (secondary N) is 1. The lowest BCUT2D eigenvalue weighted by atomic mass is 10.1. The van der Waals surface area contributed by atoms with Gasteiger partial charge < -0.3 is 4.98 Å². The van der Waals surface area contributed by atoms with Crippen LogP contribution in [0.3, 0.4) is 0 Å². The fourth-order valence-electron chi connectivity index (χ4n) is 2.03. The van der Waals surface area contributed by atoms with Crippen molar-refractivity contribution in [3.8, 4) is 17.3 Å². The number of aromatic nitrogens is 1. The summed E-state index contributed by atoms with van der Waals surface area (Å²) in [5.74, 6) is 0. The molecule has 0 amide bonds. The average Bonchev–Trinajstić information content (AvgIpc) is 2.82. The summed E-state index contributed by atoms with van der Waals surface area (Å²) in [5, 5.41) is 10.3. The third-order valence-electron chi connectivity index (χ3n) is 2.87. The van der Waals surface area contributed by atoms with Gasteiger partial charge in [-0.25, -0.2) is 0 Å². The summed E-state index contributed by atoms with van der Waals surface area (Å²) in [6.45, 7) is 0. The van der Waals surface area contributed by atoms with E-state index >= 15 is 0 Å². The first kappa shape index (κ1) is 9.68. The van der Waals surface area contributed by atoms with Crippen LogP contribution in [-0.2, 0) is 0 Å². The molecule has 3 rings (SSSR count). The minimum Gasteiger partial charge on any atom is -0.354 e. The molecule has 1 N–H and O–H groups in total. The number of nitrogens with zero attached hydrogens (tertiary/aromatic N) is 1. The minimum atomic E-state index is 0.694. The van der Waals surface area contributed by atoms with Crippen LogP contribution in [0.5, 0.6) is 0 Å². The number of hydrogen-bond acceptors (Lipinski definition) is 1. The van der Waals surface area contributed by atoms with Gasteiger partial charge in [0.25, 0.3) is 0 Å². The van der Waals surface area contributed by atoms with Crippen LogP contribution in [0.4, 0.5) is 0 Å². The van der Waals surface area contributed by atoms with Crippen LogP contribution in [0, 0.1) is 11.3 Å². The van der Waals surface area contributed by atoms with E-state index in [0.29, 0.717) is 5.56 Å². The Morgan fingerprint density at radius 1 is 0.941 bits per heavy atom. The van der Waals surface area contributed by atoms with Crippen molar-refractivity contribution < 1.29 is 0 Å². The number of fused-ring (bicyclic) bond motifs is 1. The predicted molar refractivity (Wildman–Crippen MR) is 68.4 cm³/mol. The Kier molecular flexibility index (Phi) is 2.16. The Hall–Kier alpha value is -2.53. The van der Waals surface area contributed by atoms with E-state index in [1.54, 1.807) is 0 Å². The quantitative estimate of drug-likeness (QED) is 0.664. The van der Waals surface area contributed by atoms with Crippen LogP contribution in [0.2, 0.25) is 0 Å². The number of rotatable bonds is 1. The first-order chi connectivity index (χ1) is 8.38. The molecule has 2 aromatic carbocycles. The molecule has 2 nitrogen and oxygen atoms in total. The second-order valence-electron chi connectivity index (χ2n) is 3.93. The lowest BCUT2D eigenvalue weighted by Crippen LogP contribution is -1.82. The lowest BCUT2D eigenvalue weighted by Gasteiger charge is -1.99. The van der Waals surface area contributed by atoms with Crippen molar-refractivity contribution in [1.82, 2.24) is 4.98 Å². The number of benzene rings is 2. The van der Waals surface area contributed by atoms with Gasteiger partial charge in [-0.2, -0.15) is 5.26 Å². The van der Waals surface area contributed by atoms with Crippen LogP contribution in [0.25, 0.3) is 22.2 Å². The zero-order valence-electron chi connectivity index (χ0n) is 9.14. The van der Waals surface area contributed by atoms with E-state index in [-0.39, 0.29) is 0 Å². The SMILES string of the molecule is N#Cc1ccccc1-c1cc2ccccc2[nH]1. The fourth-order valence-corrected chi connectivity index (χ4v) is 2.03. The molecule has 1 aromatic heterocycles. The van der Waals surface area contributed by atoms with Crippen molar-refractivity contribution in [2.45, 2.75) is 0 Å². The molecule has 0 radical (unpaired) electrons. The molecular formula is C15H10N2. The molecule has 0 aliphatic rings. The van der Waals surface area contributed by atoms with Gasteiger partial charge in [-0.05, 0) is 18.2 Å². The third-order valence-corrected chi connectivity index (χ3v) is 2.87. The Labute approximate surface area is 99.1 Å². The van der Waals surface area contributed by atoms with Gasteiger partial charge >= 0.3 is 0 Å². The second kappa shape index (κ2) is 3.80. The molecule has 0 atom stereocenters. The molecule has 0 unspecified atom stereocenters. The van der Waals surface area contributed by atoms with E-state index in [1.165, 1.54) is 0 Å². The van der Waals surface area contributed by atoms with Crippen molar-refractivity contribution in [3.05, 3.63) is 60.2 Å². The van der Waals surface area contributed by atoms with Crippen LogP contribution in [0.15, 0.2) is 54.6 Å². The molecule has 0 spiro atoms. The van der Waals surface area contributed by atoms with Gasteiger partial charge in [0.1, 0.15) is 0 Å². The zero-order valence-corrected chi connectivity index (χ0v) is 9.14. The first-order valence-corrected chi connectivity index (χ1v) is 5.46. The van der Waals surface area contributed by atoms with Crippen molar-refractivity contribution >= 4 is 10.9 Å². The summed E-state index contributed by atoms with van der Waals surface area (Å²) in [6, 6.07) is 20.0. The fraction of sp³-hybridized carbons (Fsp3) is 0. The Morgan fingerprint density at radius 3 is 2.53 bits per heavy atom. The molecule has 80 valence electrons. The number of hydrogen-bond donors (Lipinski definition) is 1. The van der Waals surface area contributed by atoms with Crippen molar-refractivity contribution in [2.24, 2.45) is 0 Å². The number of aromatic amines is 1. The van der Waals surface area contributed by atoms with Crippen molar-refractivity contribution in [1.29, 1.82) is 5.26 Å². The highest BCUT2D eigenvalue weighted by molar-refractivity contribution is 5.86. The van der Waals surface area contributed by atoms with E-state index in [0.717, 1.165) is 22.2 Å². The largest absolute Gasteiger partial charge is 0.354 e. The third kappa shape index (κ3) is 1.58. The van der Waals surface area contributed by atoms with Crippen LogP contribution in [-0.4, -0.2) is 4.98 Å². The molecule has 0 fully saturated rings. The molecule has 0 aliphatic heterocycles. The van der Waals surface area contributed by atoms with Crippen LogP contribution < -0.4 is 0 Å². The zero-order chi connectivity index (χ0) is 11.7. The van der Waals surface area contributed by atoms with E-state index < -0.39 is 0 Å². The van der Waals surface area contributed by atoms with Gasteiger partial charge in [0.05, 0.1) is 11.6 Å². The summed E-state index contributed by atoms with van der Waals surface area (Å²) in [5.41, 5.74) is 3.73. The highest BCUT2D eigenvalue weighted by Crippen LogP contribution is 2.26. The highest BCUT2D eigenvalue weighted by atomic mass is 14.7. The molecule has 0 bridgehead atoms. The Bertz CT molecular complexity index is 684. The van der Waals surface area contributed by atoms with Crippen molar-refractivity contribution in [2.75, 3.05) is 0 Å². The maximum absolute atomic E-state index is 9.09. The minimum absolute atomic E-state index is 0.694. The van der Waals surface area contributed by atoms with Gasteiger partial charge in [0.2, 0.25) is 0 Å². The van der Waals surface area contributed by atoms with E-state index in [2.05, 4.69) is 23.2 Å².